The Balaban J connectivity index is -0.0000000133. The van der Waals surface area contributed by atoms with Crippen LogP contribution in [-0.2, 0) is 0 Å². The third-order valence-electron chi connectivity index (χ3n) is 1.04. The zero-order valence-corrected chi connectivity index (χ0v) is 11.4. The van der Waals surface area contributed by atoms with Crippen molar-refractivity contribution in [1.29, 1.82) is 0 Å². The van der Waals surface area contributed by atoms with Gasteiger partial charge in [-0.05, 0) is 5.56 Å². The van der Waals surface area contributed by atoms with E-state index in [-0.39, 0.29) is 92.4 Å². The van der Waals surface area contributed by atoms with E-state index in [0.717, 1.165) is 0 Å². The molecule has 0 aliphatic carbocycles. The molecule has 8 radical (unpaired) electrons. The molecule has 1 aromatic carbocycles. The van der Waals surface area contributed by atoms with E-state index in [2.05, 4.69) is 6.58 Å². The second-order valence-electron chi connectivity index (χ2n) is 1.61. The van der Waals surface area contributed by atoms with Crippen molar-refractivity contribution in [2.24, 2.45) is 0 Å². The minimum atomic E-state index is 0. The third kappa shape index (κ3) is 24.0. The van der Waals surface area contributed by atoms with Crippen LogP contribution in [0.4, 0.5) is 0 Å². The third-order valence-corrected chi connectivity index (χ3v) is 1.04. The van der Waals surface area contributed by atoms with E-state index >= 15 is 0 Å². The van der Waals surface area contributed by atoms with Gasteiger partial charge in [-0.25, -0.2) is 0 Å². The molecule has 0 nitrogen and oxygen atoms in total. The fourth-order valence-electron chi connectivity index (χ4n) is 0.589. The molecule has 0 unspecified atom stereocenters. The smallest absolute Gasteiger partial charge is 0 e. The zero-order valence-electron chi connectivity index (χ0n) is 5.67. The van der Waals surface area contributed by atoms with Gasteiger partial charge in [0.25, 0.3) is 0 Å². The van der Waals surface area contributed by atoms with Gasteiger partial charge in [0.2, 0.25) is 0 Å². The molecule has 0 saturated heterocycles. The minimum absolute atomic E-state index is 0. The number of hydrogen-bond acceptors (Lipinski definition) is 0. The van der Waals surface area contributed by atoms with Gasteiger partial charge in [-0.15, -0.1) is 0 Å². The van der Waals surface area contributed by atoms with Crippen molar-refractivity contribution in [1.82, 2.24) is 0 Å². The molecule has 0 N–H and O–H groups in total. The number of benzene rings is 1. The predicted molar refractivity (Wildman–Crippen MR) is 88.4 cm³/mol. The molecule has 2 heteroatoms. The molecule has 0 bridgehead atoms. The average Bonchev–Trinajstić information content (AvgIpc) is 1.90. The van der Waals surface area contributed by atoms with Crippen molar-refractivity contribution in [2.75, 3.05) is 0 Å². The van der Waals surface area contributed by atoms with Gasteiger partial charge in [0.05, 0.1) is 0 Å². The fourth-order valence-corrected chi connectivity index (χ4v) is 0.589. The molecule has 0 aliphatic rings. The SMILES string of the molecule is C.C.C.C.C.C.C=Cc1ccccc1.[Sn].[Sn]. The van der Waals surface area contributed by atoms with Gasteiger partial charge in [-0.1, -0.05) is 87.5 Å². The molecular weight excluding hydrogens is 406 g/mol. The maximum absolute atomic E-state index is 3.63. The standard InChI is InChI=1S/C8H8.6CH4.2Sn/c1-2-8-6-4-3-5-7-8;;;;;;;;/h2-7H,1H2;6*1H4;;. The summed E-state index contributed by atoms with van der Waals surface area (Å²) < 4.78 is 0. The minimum Gasteiger partial charge on any atom is -0.0985 e. The van der Waals surface area contributed by atoms with E-state index in [1.807, 2.05) is 36.4 Å². The van der Waals surface area contributed by atoms with Crippen LogP contribution in [0.5, 0.6) is 0 Å². The second-order valence-corrected chi connectivity index (χ2v) is 1.61. The summed E-state index contributed by atoms with van der Waals surface area (Å²) in [5, 5.41) is 0. The Morgan fingerprint density at radius 3 is 1.19 bits per heavy atom. The predicted octanol–water partition coefficient (Wildman–Crippen LogP) is 5.38. The Morgan fingerprint density at radius 1 is 0.688 bits per heavy atom. The first-order valence-corrected chi connectivity index (χ1v) is 2.61. The van der Waals surface area contributed by atoms with Crippen molar-refractivity contribution in [3.63, 3.8) is 0 Å². The zero-order chi connectivity index (χ0) is 5.82. The summed E-state index contributed by atoms with van der Waals surface area (Å²) in [7, 11) is 0. The molecule has 0 aromatic heterocycles. The van der Waals surface area contributed by atoms with Crippen LogP contribution in [0.25, 0.3) is 6.08 Å². The average molecular weight is 438 g/mol. The first kappa shape index (κ1) is 54.7. The van der Waals surface area contributed by atoms with Crippen LogP contribution in [0.15, 0.2) is 36.9 Å². The van der Waals surface area contributed by atoms with Gasteiger partial charge >= 0.3 is 0 Å². The molecule has 0 spiro atoms. The first-order chi connectivity index (χ1) is 3.93. The summed E-state index contributed by atoms with van der Waals surface area (Å²) in [6.07, 6.45) is 1.83. The number of hydrogen-bond donors (Lipinski definition) is 0. The molecule has 0 fully saturated rings. The molecule has 1 aromatic rings. The second kappa shape index (κ2) is 36.1. The van der Waals surface area contributed by atoms with Gasteiger partial charge in [0, 0.05) is 47.8 Å². The molecule has 96 valence electrons. The molecule has 16 heavy (non-hydrogen) atoms. The summed E-state index contributed by atoms with van der Waals surface area (Å²) >= 11 is 0. The Morgan fingerprint density at radius 2 is 1.00 bits per heavy atom. The van der Waals surface area contributed by atoms with Gasteiger partial charge in [-0.3, -0.25) is 0 Å². The van der Waals surface area contributed by atoms with Crippen LogP contribution in [-0.4, -0.2) is 47.8 Å². The topological polar surface area (TPSA) is 0 Å². The maximum Gasteiger partial charge on any atom is 0 e. The van der Waals surface area contributed by atoms with Gasteiger partial charge in [0.1, 0.15) is 0 Å². The van der Waals surface area contributed by atoms with Crippen molar-refractivity contribution < 1.29 is 0 Å². The van der Waals surface area contributed by atoms with E-state index in [1.54, 1.807) is 0 Å². The summed E-state index contributed by atoms with van der Waals surface area (Å²) in [4.78, 5) is 0. The molecule has 0 aliphatic heterocycles. The largest absolute Gasteiger partial charge is 0.0985 e. The van der Waals surface area contributed by atoms with Crippen LogP contribution < -0.4 is 0 Å². The molecular formula is C14H32Sn2. The molecule has 1 rings (SSSR count). The summed E-state index contributed by atoms with van der Waals surface area (Å²) in [6.45, 7) is 3.63. The molecule has 0 atom stereocenters. The Bertz CT molecular complexity index is 171. The van der Waals surface area contributed by atoms with Crippen LogP contribution in [0, 0.1) is 0 Å². The van der Waals surface area contributed by atoms with Crippen LogP contribution >= 0.6 is 0 Å². The van der Waals surface area contributed by atoms with Crippen molar-refractivity contribution >= 4 is 53.9 Å². The number of rotatable bonds is 1. The summed E-state index contributed by atoms with van der Waals surface area (Å²) in [5.41, 5.74) is 1.17. The molecule has 0 amide bonds. The van der Waals surface area contributed by atoms with Gasteiger partial charge in [-0.2, -0.15) is 0 Å². The fraction of sp³-hybridized carbons (Fsp3) is 0.429. The Labute approximate surface area is 140 Å². The maximum atomic E-state index is 3.63. The molecule has 0 heterocycles. The Kier molecular flexibility index (Phi) is 123. The van der Waals surface area contributed by atoms with Gasteiger partial charge < -0.3 is 0 Å². The normalized spacial score (nSPS) is 4.25. The Hall–Kier alpha value is 0.557. The van der Waals surface area contributed by atoms with Crippen LogP contribution in [0.1, 0.15) is 50.1 Å². The van der Waals surface area contributed by atoms with E-state index in [0.29, 0.717) is 0 Å². The van der Waals surface area contributed by atoms with Crippen molar-refractivity contribution in [2.45, 2.75) is 44.6 Å². The van der Waals surface area contributed by atoms with E-state index in [4.69, 9.17) is 0 Å². The monoisotopic (exact) mass is 440 g/mol. The first-order valence-electron chi connectivity index (χ1n) is 2.61. The van der Waals surface area contributed by atoms with Crippen molar-refractivity contribution in [3.8, 4) is 0 Å². The van der Waals surface area contributed by atoms with Gasteiger partial charge in [0.15, 0.2) is 0 Å². The molecule has 0 saturated carbocycles. The summed E-state index contributed by atoms with van der Waals surface area (Å²) in [5.74, 6) is 0. The van der Waals surface area contributed by atoms with Crippen molar-refractivity contribution in [3.05, 3.63) is 42.5 Å². The van der Waals surface area contributed by atoms with E-state index < -0.39 is 0 Å². The van der Waals surface area contributed by atoms with Crippen LogP contribution in [0.2, 0.25) is 0 Å². The summed E-state index contributed by atoms with van der Waals surface area (Å²) in [6, 6.07) is 10.0. The van der Waals surface area contributed by atoms with E-state index in [1.165, 1.54) is 5.56 Å². The quantitative estimate of drug-likeness (QED) is 0.517. The van der Waals surface area contributed by atoms with Crippen LogP contribution in [0.3, 0.4) is 0 Å². The van der Waals surface area contributed by atoms with E-state index in [9.17, 15) is 0 Å².